The van der Waals surface area contributed by atoms with Gasteiger partial charge in [-0.25, -0.2) is 13.2 Å². The molecule has 1 aromatic rings. The Kier molecular flexibility index (Phi) is 4.18. The van der Waals surface area contributed by atoms with Crippen molar-refractivity contribution in [3.05, 3.63) is 29.1 Å². The molecule has 1 atom stereocenters. The van der Waals surface area contributed by atoms with E-state index in [9.17, 15) is 13.2 Å². The van der Waals surface area contributed by atoms with Crippen molar-refractivity contribution in [1.82, 2.24) is 0 Å². The Morgan fingerprint density at radius 2 is 1.88 bits per heavy atom. The third-order valence-electron chi connectivity index (χ3n) is 2.36. The summed E-state index contributed by atoms with van der Waals surface area (Å²) in [6.07, 6.45) is -2.81. The number of aliphatic hydroxyl groups excluding tert-OH is 1. The Morgan fingerprint density at radius 1 is 1.31 bits per heavy atom. The second kappa shape index (κ2) is 5.21. The molecule has 0 saturated carbocycles. The Morgan fingerprint density at radius 3 is 2.31 bits per heavy atom. The highest BCUT2D eigenvalue weighted by Gasteiger charge is 2.21. The number of methoxy groups -OCH3 is 1. The molecule has 0 radical (unpaired) electrons. The molecule has 0 amide bonds. The maximum atomic E-state index is 13.1. The first-order valence-electron chi connectivity index (χ1n) is 4.77. The molecule has 1 unspecified atom stereocenters. The van der Waals surface area contributed by atoms with E-state index in [1.165, 1.54) is 7.11 Å². The van der Waals surface area contributed by atoms with E-state index in [2.05, 4.69) is 0 Å². The smallest absolute Gasteiger partial charge is 0.267 e. The minimum absolute atomic E-state index is 0.0575. The normalized spacial score (nSPS) is 12.9. The second-order valence-corrected chi connectivity index (χ2v) is 3.50. The first kappa shape index (κ1) is 12.8. The van der Waals surface area contributed by atoms with E-state index < -0.39 is 23.7 Å². The standard InChI is InChI=1S/C11H13F3O2/c1-6(5-15)8-3-7(12)4-9(11(13)14)10(8)16-2/h3-4,6,11,15H,5H2,1-2H3. The molecule has 5 heteroatoms. The summed E-state index contributed by atoms with van der Waals surface area (Å²) in [5, 5.41) is 8.96. The molecule has 1 N–H and O–H groups in total. The molecule has 0 saturated heterocycles. The molecule has 0 aliphatic heterocycles. The van der Waals surface area contributed by atoms with Crippen molar-refractivity contribution >= 4 is 0 Å². The Balaban J connectivity index is 3.35. The van der Waals surface area contributed by atoms with Crippen molar-refractivity contribution in [1.29, 1.82) is 0 Å². The summed E-state index contributed by atoms with van der Waals surface area (Å²) in [5.41, 5.74) is -0.238. The fourth-order valence-electron chi connectivity index (χ4n) is 1.50. The summed E-state index contributed by atoms with van der Waals surface area (Å²) in [6.45, 7) is 1.34. The van der Waals surface area contributed by atoms with Crippen molar-refractivity contribution < 1.29 is 23.0 Å². The van der Waals surface area contributed by atoms with Crippen LogP contribution < -0.4 is 4.74 Å². The van der Waals surface area contributed by atoms with E-state index in [-0.39, 0.29) is 17.9 Å². The van der Waals surface area contributed by atoms with Crippen LogP contribution in [0.15, 0.2) is 12.1 Å². The highest BCUT2D eigenvalue weighted by molar-refractivity contribution is 5.44. The van der Waals surface area contributed by atoms with Crippen LogP contribution in [0, 0.1) is 5.82 Å². The van der Waals surface area contributed by atoms with Crippen LogP contribution >= 0.6 is 0 Å². The first-order chi connectivity index (χ1) is 7.51. The lowest BCUT2D eigenvalue weighted by Crippen LogP contribution is -2.05. The monoisotopic (exact) mass is 234 g/mol. The average molecular weight is 234 g/mol. The van der Waals surface area contributed by atoms with Gasteiger partial charge in [0.25, 0.3) is 6.43 Å². The molecular weight excluding hydrogens is 221 g/mol. The maximum Gasteiger partial charge on any atom is 0.267 e. The summed E-state index contributed by atoms with van der Waals surface area (Å²) in [6, 6.07) is 1.85. The van der Waals surface area contributed by atoms with Crippen molar-refractivity contribution in [2.75, 3.05) is 13.7 Å². The third kappa shape index (κ3) is 2.47. The van der Waals surface area contributed by atoms with Crippen LogP contribution in [0.4, 0.5) is 13.2 Å². The van der Waals surface area contributed by atoms with Crippen LogP contribution in [0.5, 0.6) is 5.75 Å². The van der Waals surface area contributed by atoms with Crippen LogP contribution in [0.2, 0.25) is 0 Å². The van der Waals surface area contributed by atoms with E-state index in [0.717, 1.165) is 12.1 Å². The number of hydrogen-bond acceptors (Lipinski definition) is 2. The molecule has 1 rings (SSSR count). The highest BCUT2D eigenvalue weighted by Crippen LogP contribution is 2.36. The molecule has 16 heavy (non-hydrogen) atoms. The van der Waals surface area contributed by atoms with Gasteiger partial charge < -0.3 is 9.84 Å². The van der Waals surface area contributed by atoms with Crippen LogP contribution in [-0.2, 0) is 0 Å². The highest BCUT2D eigenvalue weighted by atomic mass is 19.3. The average Bonchev–Trinajstić information content (AvgIpc) is 2.26. The summed E-state index contributed by atoms with van der Waals surface area (Å²) < 4.78 is 43.3. The molecule has 2 nitrogen and oxygen atoms in total. The topological polar surface area (TPSA) is 29.5 Å². The molecule has 0 aliphatic rings. The Hall–Kier alpha value is -1.23. The second-order valence-electron chi connectivity index (χ2n) is 3.50. The minimum Gasteiger partial charge on any atom is -0.496 e. The Labute approximate surface area is 91.7 Å². The lowest BCUT2D eigenvalue weighted by Gasteiger charge is -2.17. The number of aliphatic hydroxyl groups is 1. The molecule has 0 spiro atoms. The van der Waals surface area contributed by atoms with Crippen molar-refractivity contribution in [3.63, 3.8) is 0 Å². The quantitative estimate of drug-likeness (QED) is 0.868. The van der Waals surface area contributed by atoms with E-state index in [1.54, 1.807) is 6.92 Å². The molecule has 90 valence electrons. The largest absolute Gasteiger partial charge is 0.496 e. The summed E-state index contributed by atoms with van der Waals surface area (Å²) >= 11 is 0. The molecular formula is C11H13F3O2. The van der Waals surface area contributed by atoms with E-state index in [0.29, 0.717) is 0 Å². The summed E-state index contributed by atoms with van der Waals surface area (Å²) in [7, 11) is 1.24. The van der Waals surface area contributed by atoms with Gasteiger partial charge in [0.1, 0.15) is 11.6 Å². The van der Waals surface area contributed by atoms with Gasteiger partial charge >= 0.3 is 0 Å². The third-order valence-corrected chi connectivity index (χ3v) is 2.36. The number of rotatable bonds is 4. The van der Waals surface area contributed by atoms with Crippen molar-refractivity contribution in [2.45, 2.75) is 19.3 Å². The van der Waals surface area contributed by atoms with Gasteiger partial charge in [0.05, 0.1) is 12.7 Å². The number of alkyl halides is 2. The van der Waals surface area contributed by atoms with Crippen molar-refractivity contribution in [2.24, 2.45) is 0 Å². The van der Waals surface area contributed by atoms with Crippen LogP contribution in [0.1, 0.15) is 30.4 Å². The van der Waals surface area contributed by atoms with Gasteiger partial charge in [-0.1, -0.05) is 6.92 Å². The predicted molar refractivity (Wildman–Crippen MR) is 53.4 cm³/mol. The molecule has 0 heterocycles. The lowest BCUT2D eigenvalue weighted by molar-refractivity contribution is 0.146. The molecule has 1 aromatic carbocycles. The molecule has 0 aliphatic carbocycles. The van der Waals surface area contributed by atoms with Gasteiger partial charge in [-0.2, -0.15) is 0 Å². The predicted octanol–water partition coefficient (Wildman–Crippen LogP) is 2.87. The zero-order chi connectivity index (χ0) is 12.3. The van der Waals surface area contributed by atoms with Gasteiger partial charge in [0.15, 0.2) is 0 Å². The minimum atomic E-state index is -2.81. The molecule has 0 fully saturated rings. The number of ether oxygens (including phenoxy) is 1. The van der Waals surface area contributed by atoms with Gasteiger partial charge in [0, 0.05) is 18.1 Å². The zero-order valence-electron chi connectivity index (χ0n) is 9.01. The molecule has 0 aromatic heterocycles. The molecule has 0 bridgehead atoms. The number of halogens is 3. The van der Waals surface area contributed by atoms with Crippen LogP contribution in [0.25, 0.3) is 0 Å². The maximum absolute atomic E-state index is 13.1. The van der Waals surface area contributed by atoms with Gasteiger partial charge in [-0.05, 0) is 12.1 Å². The van der Waals surface area contributed by atoms with Crippen molar-refractivity contribution in [3.8, 4) is 5.75 Å². The van der Waals surface area contributed by atoms with Gasteiger partial charge in [-0.3, -0.25) is 0 Å². The van der Waals surface area contributed by atoms with Crippen LogP contribution in [-0.4, -0.2) is 18.8 Å². The van der Waals surface area contributed by atoms with Gasteiger partial charge in [-0.15, -0.1) is 0 Å². The van der Waals surface area contributed by atoms with E-state index in [1.807, 2.05) is 0 Å². The fourth-order valence-corrected chi connectivity index (χ4v) is 1.50. The lowest BCUT2D eigenvalue weighted by atomic mass is 9.98. The van der Waals surface area contributed by atoms with Crippen LogP contribution in [0.3, 0.4) is 0 Å². The zero-order valence-corrected chi connectivity index (χ0v) is 9.01. The summed E-state index contributed by atoms with van der Waals surface area (Å²) in [5.74, 6) is -1.27. The fraction of sp³-hybridized carbons (Fsp3) is 0.455. The summed E-state index contributed by atoms with van der Waals surface area (Å²) in [4.78, 5) is 0. The number of hydrogen-bond donors (Lipinski definition) is 1. The first-order valence-corrected chi connectivity index (χ1v) is 4.77. The van der Waals surface area contributed by atoms with Gasteiger partial charge in [0.2, 0.25) is 0 Å². The van der Waals surface area contributed by atoms with E-state index in [4.69, 9.17) is 9.84 Å². The SMILES string of the molecule is COc1c(C(F)F)cc(F)cc1C(C)CO. The Bertz CT molecular complexity index is 366. The number of benzene rings is 1. The van der Waals surface area contributed by atoms with E-state index >= 15 is 0 Å².